The Labute approximate surface area is 573 Å². The van der Waals surface area contributed by atoms with Crippen molar-refractivity contribution < 1.29 is 147 Å². The number of aromatic nitrogens is 10. The summed E-state index contributed by atoms with van der Waals surface area (Å²) in [6.07, 6.45) is 0. The summed E-state index contributed by atoms with van der Waals surface area (Å²) < 4.78 is 31.3. The van der Waals surface area contributed by atoms with Crippen molar-refractivity contribution in [3.05, 3.63) is 143 Å². The van der Waals surface area contributed by atoms with Crippen molar-refractivity contribution in [2.75, 3.05) is 50.7 Å². The predicted molar refractivity (Wildman–Crippen MR) is 314 cm³/mol. The van der Waals surface area contributed by atoms with E-state index in [1.54, 1.807) is 68.3 Å². The third-order valence-corrected chi connectivity index (χ3v) is 12.7. The number of Topliss-reactive ketones (excluding diaryl/α,β-unsaturated/α-hetero) is 1. The first-order chi connectivity index (χ1) is 38.6. The SMILES string of the molecule is COc1ccc(-n2nc(C)c3n[nH]c(=S)nc32)cc1.COc1ccc(-n2nc(C)c3nnc(Nc4ccc(P(C)(C)=O)cc4)nc32)cc1.COc1ccc(N2N=C(C)C(=O)C2=O)cc1.Cc1ccc(N)cc1.NNC(N)=S.O=CO[O-].[H-].[K+].[K+]. The Morgan fingerprint density at radius 2 is 1.16 bits per heavy atom. The average Bonchev–Trinajstić information content (AvgIpc) is 2.25. The number of hydrogen-bond acceptors (Lipinski definition) is 22. The zero-order chi connectivity index (χ0) is 59.4. The molecule has 0 atom stereocenters. The summed E-state index contributed by atoms with van der Waals surface area (Å²) in [6, 6.07) is 37.1. The second kappa shape index (κ2) is 34.4. The number of thiocarbonyl (C=S) groups is 1. The number of anilines is 4. The standard InChI is InChI=1S/C20H21N6O2P.C12H11N5OS.C11H10N2O3.C7H9N.CH5N3S.CH2O3.2K.H/c1-13-18-19(26(25-13)15-7-9-16(28-2)10-8-15)22-20(24-23-18)21-14-5-11-17(12-6-14)29(3,4)27;1-7-10-11(13-12(19)15-14-10)17(16-7)8-3-5-9(18-2)6-4-8;1-7-10(14)11(15)13(12-7)8-3-5-9(16-2)6-4-8;1-6-2-4-7(8)5-3-6;2-1(5)4-3;2-1-4-3;;;/h5-12H,1-4H3,(H,21,22,24);3-6H,1-2H3,(H,13,15,19);3-6H,1-2H3;2-5H,8H2,1H3;3H2,(H3,2,4,5);1,3H;;;/q;;;;;;2*+1;-1/p-1. The molecule has 1 aliphatic heterocycles. The monoisotopic (exact) mass is 1240 g/mol. The Kier molecular flexibility index (Phi) is 29.4. The molecule has 424 valence electrons. The first-order valence-corrected chi connectivity index (χ1v) is 27.1. The number of carbonyl (C=O) groups excluding carboxylic acids is 3. The number of hydrazine groups is 1. The van der Waals surface area contributed by atoms with E-state index in [0.717, 1.165) is 55.9 Å². The molecule has 31 heteroatoms. The zero-order valence-electron chi connectivity index (χ0n) is 48.2. The van der Waals surface area contributed by atoms with E-state index in [9.17, 15) is 14.2 Å². The van der Waals surface area contributed by atoms with Crippen molar-refractivity contribution in [2.45, 2.75) is 27.7 Å². The van der Waals surface area contributed by atoms with Crippen LogP contribution in [0.5, 0.6) is 17.2 Å². The fourth-order valence-electron chi connectivity index (χ4n) is 6.76. The second-order valence-corrected chi connectivity index (χ2v) is 21.0. The van der Waals surface area contributed by atoms with Gasteiger partial charge in [0.2, 0.25) is 10.7 Å². The van der Waals surface area contributed by atoms with Crippen LogP contribution in [0.25, 0.3) is 33.7 Å². The van der Waals surface area contributed by atoms with Gasteiger partial charge in [-0.15, -0.1) is 10.2 Å². The van der Waals surface area contributed by atoms with Gasteiger partial charge in [-0.05, 0) is 175 Å². The molecule has 9 aromatic rings. The number of aryl methyl sites for hydroxylation is 3. The molecule has 0 saturated heterocycles. The van der Waals surface area contributed by atoms with Crippen molar-refractivity contribution in [1.29, 1.82) is 0 Å². The number of ether oxygens (including phenoxy) is 3. The van der Waals surface area contributed by atoms with Gasteiger partial charge in [-0.1, -0.05) is 17.7 Å². The van der Waals surface area contributed by atoms with Gasteiger partial charge in [-0.3, -0.25) is 19.5 Å². The maximum atomic E-state index is 12.2. The molecule has 4 aromatic heterocycles. The van der Waals surface area contributed by atoms with Gasteiger partial charge in [0.15, 0.2) is 27.4 Å². The summed E-state index contributed by atoms with van der Waals surface area (Å²) in [5, 5.41) is 41.8. The third kappa shape index (κ3) is 20.8. The van der Waals surface area contributed by atoms with Crippen LogP contribution in [-0.2, 0) is 23.8 Å². The van der Waals surface area contributed by atoms with E-state index in [1.807, 2.05) is 123 Å². The van der Waals surface area contributed by atoms with Crippen LogP contribution in [0.3, 0.4) is 0 Å². The van der Waals surface area contributed by atoms with Crippen molar-refractivity contribution in [3.63, 3.8) is 0 Å². The molecule has 1 aliphatic rings. The number of rotatable bonds is 10. The summed E-state index contributed by atoms with van der Waals surface area (Å²) in [5.41, 5.74) is 21.7. The predicted octanol–water partition coefficient (Wildman–Crippen LogP) is -0.478. The molecule has 0 radical (unpaired) electrons. The molecule has 10 rings (SSSR count). The number of benzene rings is 5. The molecule has 0 bridgehead atoms. The number of hydrazone groups is 1. The number of nitrogen functional groups attached to an aromatic ring is 1. The van der Waals surface area contributed by atoms with Crippen LogP contribution >= 0.6 is 31.6 Å². The van der Waals surface area contributed by atoms with Crippen molar-refractivity contribution in [3.8, 4) is 28.6 Å². The number of hydrogen-bond donors (Lipinski definition) is 6. The number of H-pyrrole nitrogens is 1. The van der Waals surface area contributed by atoms with E-state index >= 15 is 0 Å². The van der Waals surface area contributed by atoms with Crippen molar-refractivity contribution in [1.82, 2.24) is 55.3 Å². The van der Waals surface area contributed by atoms with E-state index in [-0.39, 0.29) is 121 Å². The maximum absolute atomic E-state index is 12.2. The van der Waals surface area contributed by atoms with Crippen LogP contribution in [0.2, 0.25) is 0 Å². The minimum atomic E-state index is -2.29. The fraction of sp³-hybridized carbons (Fsp3) is 0.173. The van der Waals surface area contributed by atoms with E-state index in [4.69, 9.17) is 47.9 Å². The molecule has 5 heterocycles. The van der Waals surface area contributed by atoms with E-state index in [1.165, 1.54) is 12.5 Å². The Morgan fingerprint density at radius 3 is 1.55 bits per heavy atom. The van der Waals surface area contributed by atoms with Gasteiger partial charge in [0, 0.05) is 16.7 Å². The summed E-state index contributed by atoms with van der Waals surface area (Å²) in [5.74, 6) is 6.07. The Balaban J connectivity index is 0.000000382. The molecular weight excluding hydrogens is 1180 g/mol. The Bertz CT molecular complexity index is 3730. The van der Waals surface area contributed by atoms with E-state index < -0.39 is 18.8 Å². The van der Waals surface area contributed by atoms with Gasteiger partial charge in [0.25, 0.3) is 12.3 Å². The second-order valence-electron chi connectivity index (χ2n) is 17.0. The third-order valence-electron chi connectivity index (χ3n) is 10.9. The maximum Gasteiger partial charge on any atom is 1.00 e. The van der Waals surface area contributed by atoms with E-state index in [0.29, 0.717) is 44.5 Å². The average molecular weight is 1240 g/mol. The molecule has 83 heavy (non-hydrogen) atoms. The summed E-state index contributed by atoms with van der Waals surface area (Å²) in [4.78, 5) is 42.9. The van der Waals surface area contributed by atoms with Crippen LogP contribution in [0, 0.1) is 25.5 Å². The number of aromatic amines is 1. The molecular formula is C52H58K2N17O9PS2. The first kappa shape index (κ1) is 70.9. The molecule has 0 fully saturated rings. The van der Waals surface area contributed by atoms with Gasteiger partial charge in [0.1, 0.15) is 30.1 Å². The van der Waals surface area contributed by atoms with Crippen LogP contribution < -0.4 is 161 Å². The minimum Gasteiger partial charge on any atom is -1.00 e. The molecule has 0 spiro atoms. The van der Waals surface area contributed by atoms with Gasteiger partial charge < -0.3 is 52.6 Å². The summed E-state index contributed by atoms with van der Waals surface area (Å²) in [7, 11) is 2.53. The number of nitrogens with one attached hydrogen (secondary N) is 3. The zero-order valence-corrected chi connectivity index (χ0v) is 56.0. The largest absolute Gasteiger partial charge is 1.00 e. The Hall–Kier alpha value is -6.33. The number of methoxy groups -OCH3 is 3. The fourth-order valence-corrected chi connectivity index (χ4v) is 7.76. The molecule has 0 aliphatic carbocycles. The number of nitrogens with two attached hydrogens (primary N) is 3. The number of carbonyl (C=O) groups is 3. The van der Waals surface area contributed by atoms with Crippen LogP contribution in [0.1, 0.15) is 25.3 Å². The molecule has 26 nitrogen and oxygen atoms in total. The van der Waals surface area contributed by atoms with E-state index in [2.05, 4.69) is 73.9 Å². The number of amides is 1. The van der Waals surface area contributed by atoms with Gasteiger partial charge in [0.05, 0.1) is 49.8 Å². The smallest absolute Gasteiger partial charge is 1.00 e. The normalized spacial score (nSPS) is 11.0. The minimum absolute atomic E-state index is 0. The molecule has 0 unspecified atom stereocenters. The number of ketones is 1. The molecule has 0 saturated carbocycles. The first-order valence-electron chi connectivity index (χ1n) is 23.7. The van der Waals surface area contributed by atoms with Crippen molar-refractivity contribution in [2.24, 2.45) is 16.7 Å². The number of fused-ring (bicyclic) bond motifs is 2. The molecule has 5 aromatic carbocycles. The topological polar surface area (TPSA) is 362 Å². The van der Waals surface area contributed by atoms with Gasteiger partial charge in [-0.2, -0.15) is 35.4 Å². The molecule has 1 amide bonds. The van der Waals surface area contributed by atoms with Crippen LogP contribution in [0.15, 0.2) is 126 Å². The van der Waals surface area contributed by atoms with Crippen molar-refractivity contribution >= 4 is 111 Å². The van der Waals surface area contributed by atoms with Crippen LogP contribution in [-0.4, -0.2) is 114 Å². The Morgan fingerprint density at radius 1 is 0.711 bits per heavy atom. The molecule has 9 N–H and O–H groups in total. The van der Waals surface area contributed by atoms with Gasteiger partial charge in [-0.25, -0.2) is 15.2 Å². The summed E-state index contributed by atoms with van der Waals surface area (Å²) >= 11 is 9.25. The van der Waals surface area contributed by atoms with Crippen LogP contribution in [0.4, 0.5) is 23.0 Å². The quantitative estimate of drug-likeness (QED) is 0.0116. The summed E-state index contributed by atoms with van der Waals surface area (Å²) in [6.45, 7) is 10.6. The van der Waals surface area contributed by atoms with Gasteiger partial charge >= 0.3 is 109 Å². The number of nitrogens with zero attached hydrogens (tertiary/aromatic N) is 11.